The van der Waals surface area contributed by atoms with Crippen LogP contribution in [0.2, 0.25) is 0 Å². The Morgan fingerprint density at radius 3 is 2.93 bits per heavy atom. The van der Waals surface area contributed by atoms with Gasteiger partial charge in [0.15, 0.2) is 0 Å². The molecule has 0 aliphatic carbocycles. The molecule has 1 unspecified atom stereocenters. The molecule has 0 spiro atoms. The molecule has 2 heterocycles. The van der Waals surface area contributed by atoms with Gasteiger partial charge in [-0.25, -0.2) is 0 Å². The van der Waals surface area contributed by atoms with Gasteiger partial charge in [-0.15, -0.1) is 0 Å². The highest BCUT2D eigenvalue weighted by molar-refractivity contribution is 5.79. The van der Waals surface area contributed by atoms with Crippen LogP contribution in [0.3, 0.4) is 0 Å². The van der Waals surface area contributed by atoms with E-state index in [2.05, 4.69) is 5.32 Å². The van der Waals surface area contributed by atoms with Gasteiger partial charge in [-0.05, 0) is 32.2 Å². The smallest absolute Gasteiger partial charge is 0.227 e. The standard InChI is InChI=1S/C11H20N2O2/c14-8-10-4-2-6-13(10)11(15)9-3-1-5-12-7-9/h9-10,12,14H,1-8H2/t9?,10-/m0/s1. The van der Waals surface area contributed by atoms with Crippen molar-refractivity contribution in [2.24, 2.45) is 5.92 Å². The Balaban J connectivity index is 1.93. The highest BCUT2D eigenvalue weighted by Gasteiger charge is 2.32. The molecule has 15 heavy (non-hydrogen) atoms. The number of carbonyl (C=O) groups excluding carboxylic acids is 1. The lowest BCUT2D eigenvalue weighted by Crippen LogP contribution is -2.45. The van der Waals surface area contributed by atoms with Gasteiger partial charge in [-0.1, -0.05) is 0 Å². The minimum atomic E-state index is 0.0828. The summed E-state index contributed by atoms with van der Waals surface area (Å²) in [4.78, 5) is 14.0. The molecule has 2 saturated heterocycles. The lowest BCUT2D eigenvalue weighted by Gasteiger charge is -2.30. The van der Waals surface area contributed by atoms with Crippen LogP contribution in [-0.4, -0.2) is 48.2 Å². The minimum absolute atomic E-state index is 0.0828. The third-order valence-corrected chi connectivity index (χ3v) is 3.52. The fourth-order valence-electron chi connectivity index (χ4n) is 2.61. The van der Waals surface area contributed by atoms with Crippen molar-refractivity contribution in [3.05, 3.63) is 0 Å². The zero-order valence-electron chi connectivity index (χ0n) is 9.11. The van der Waals surface area contributed by atoms with Crippen molar-refractivity contribution in [1.29, 1.82) is 0 Å². The van der Waals surface area contributed by atoms with Gasteiger partial charge in [0.2, 0.25) is 5.91 Å². The summed E-state index contributed by atoms with van der Waals surface area (Å²) < 4.78 is 0. The maximum absolute atomic E-state index is 12.1. The van der Waals surface area contributed by atoms with Crippen LogP contribution in [-0.2, 0) is 4.79 Å². The molecule has 1 amide bonds. The summed E-state index contributed by atoms with van der Waals surface area (Å²) in [7, 11) is 0. The maximum Gasteiger partial charge on any atom is 0.227 e. The molecule has 0 aromatic carbocycles. The first-order chi connectivity index (χ1) is 7.33. The number of amides is 1. The largest absolute Gasteiger partial charge is 0.394 e. The molecule has 0 bridgehead atoms. The number of aliphatic hydroxyl groups is 1. The SMILES string of the molecule is O=C(C1CCCNC1)N1CCC[C@H]1CO. The number of nitrogens with one attached hydrogen (secondary N) is 1. The second-order valence-corrected chi connectivity index (χ2v) is 4.55. The van der Waals surface area contributed by atoms with E-state index in [0.29, 0.717) is 0 Å². The Kier molecular flexibility index (Phi) is 3.59. The quantitative estimate of drug-likeness (QED) is 0.676. The van der Waals surface area contributed by atoms with E-state index in [1.165, 1.54) is 0 Å². The Morgan fingerprint density at radius 1 is 1.40 bits per heavy atom. The first-order valence-corrected chi connectivity index (χ1v) is 5.95. The minimum Gasteiger partial charge on any atom is -0.394 e. The predicted molar refractivity (Wildman–Crippen MR) is 57.4 cm³/mol. The Hall–Kier alpha value is -0.610. The highest BCUT2D eigenvalue weighted by Crippen LogP contribution is 2.22. The highest BCUT2D eigenvalue weighted by atomic mass is 16.3. The molecule has 4 nitrogen and oxygen atoms in total. The molecular formula is C11H20N2O2. The third kappa shape index (κ3) is 2.32. The number of likely N-dealkylation sites (tertiary alicyclic amines) is 1. The molecule has 2 rings (SSSR count). The normalized spacial score (nSPS) is 31.9. The van der Waals surface area contributed by atoms with Gasteiger partial charge in [-0.2, -0.15) is 0 Å². The van der Waals surface area contributed by atoms with E-state index in [-0.39, 0.29) is 24.5 Å². The van der Waals surface area contributed by atoms with Crippen LogP contribution >= 0.6 is 0 Å². The van der Waals surface area contributed by atoms with Crippen LogP contribution in [0.5, 0.6) is 0 Å². The van der Waals surface area contributed by atoms with Crippen LogP contribution in [0.25, 0.3) is 0 Å². The molecule has 4 heteroatoms. The number of nitrogens with zero attached hydrogens (tertiary/aromatic N) is 1. The summed E-state index contributed by atoms with van der Waals surface area (Å²) in [6.45, 7) is 2.80. The van der Waals surface area contributed by atoms with Crippen LogP contribution in [0.15, 0.2) is 0 Å². The van der Waals surface area contributed by atoms with Crippen molar-refractivity contribution in [3.63, 3.8) is 0 Å². The fraction of sp³-hybridized carbons (Fsp3) is 0.909. The van der Waals surface area contributed by atoms with Gasteiger partial charge >= 0.3 is 0 Å². The van der Waals surface area contributed by atoms with Gasteiger partial charge in [0, 0.05) is 13.1 Å². The van der Waals surface area contributed by atoms with E-state index in [0.717, 1.165) is 45.3 Å². The summed E-state index contributed by atoms with van der Waals surface area (Å²) in [5.41, 5.74) is 0. The van der Waals surface area contributed by atoms with Crippen molar-refractivity contribution in [2.45, 2.75) is 31.7 Å². The molecule has 0 radical (unpaired) electrons. The zero-order chi connectivity index (χ0) is 10.7. The van der Waals surface area contributed by atoms with E-state index < -0.39 is 0 Å². The van der Waals surface area contributed by atoms with Gasteiger partial charge < -0.3 is 15.3 Å². The lowest BCUT2D eigenvalue weighted by molar-refractivity contribution is -0.137. The van der Waals surface area contributed by atoms with E-state index in [1.807, 2.05) is 4.90 Å². The lowest BCUT2D eigenvalue weighted by atomic mass is 9.98. The first-order valence-electron chi connectivity index (χ1n) is 5.95. The van der Waals surface area contributed by atoms with E-state index in [1.54, 1.807) is 0 Å². The number of carbonyl (C=O) groups is 1. The third-order valence-electron chi connectivity index (χ3n) is 3.52. The van der Waals surface area contributed by atoms with Crippen LogP contribution in [0.4, 0.5) is 0 Å². The second kappa shape index (κ2) is 4.94. The molecule has 2 fully saturated rings. The summed E-state index contributed by atoms with van der Waals surface area (Å²) in [6, 6.07) is 0.0828. The predicted octanol–water partition coefficient (Wildman–Crippen LogP) is -0.0307. The average Bonchev–Trinajstić information content (AvgIpc) is 2.77. The number of piperidine rings is 1. The molecule has 0 aromatic heterocycles. The molecule has 0 aromatic rings. The molecule has 2 atom stereocenters. The Morgan fingerprint density at radius 2 is 2.27 bits per heavy atom. The Labute approximate surface area is 90.6 Å². The molecule has 2 aliphatic heterocycles. The molecule has 0 saturated carbocycles. The number of hydrogen-bond donors (Lipinski definition) is 2. The van der Waals surface area contributed by atoms with Gasteiger partial charge in [0.05, 0.1) is 18.6 Å². The van der Waals surface area contributed by atoms with Crippen molar-refractivity contribution in [2.75, 3.05) is 26.2 Å². The summed E-state index contributed by atoms with van der Waals surface area (Å²) in [5.74, 6) is 0.393. The maximum atomic E-state index is 12.1. The summed E-state index contributed by atoms with van der Waals surface area (Å²) >= 11 is 0. The number of hydrogen-bond acceptors (Lipinski definition) is 3. The number of rotatable bonds is 2. The average molecular weight is 212 g/mol. The van der Waals surface area contributed by atoms with Crippen molar-refractivity contribution in [3.8, 4) is 0 Å². The van der Waals surface area contributed by atoms with Crippen molar-refractivity contribution < 1.29 is 9.90 Å². The monoisotopic (exact) mass is 212 g/mol. The first kappa shape index (κ1) is 10.9. The van der Waals surface area contributed by atoms with Crippen molar-refractivity contribution in [1.82, 2.24) is 10.2 Å². The summed E-state index contributed by atoms with van der Waals surface area (Å²) in [5, 5.41) is 12.4. The van der Waals surface area contributed by atoms with Gasteiger partial charge in [0.25, 0.3) is 0 Å². The second-order valence-electron chi connectivity index (χ2n) is 4.55. The van der Waals surface area contributed by atoms with Crippen LogP contribution in [0, 0.1) is 5.92 Å². The topological polar surface area (TPSA) is 52.6 Å². The van der Waals surface area contributed by atoms with Gasteiger partial charge in [0.1, 0.15) is 0 Å². The van der Waals surface area contributed by atoms with E-state index in [4.69, 9.17) is 0 Å². The van der Waals surface area contributed by atoms with Crippen molar-refractivity contribution >= 4 is 5.91 Å². The molecular weight excluding hydrogens is 192 g/mol. The van der Waals surface area contributed by atoms with E-state index >= 15 is 0 Å². The summed E-state index contributed by atoms with van der Waals surface area (Å²) in [6.07, 6.45) is 4.09. The van der Waals surface area contributed by atoms with Crippen LogP contribution < -0.4 is 5.32 Å². The fourth-order valence-corrected chi connectivity index (χ4v) is 2.61. The molecule has 86 valence electrons. The molecule has 2 N–H and O–H groups in total. The molecule has 2 aliphatic rings. The Bertz CT molecular complexity index is 227. The van der Waals surface area contributed by atoms with E-state index in [9.17, 15) is 9.90 Å². The zero-order valence-corrected chi connectivity index (χ0v) is 9.11. The number of aliphatic hydroxyl groups excluding tert-OH is 1. The van der Waals surface area contributed by atoms with Gasteiger partial charge in [-0.3, -0.25) is 4.79 Å². The van der Waals surface area contributed by atoms with Crippen LogP contribution in [0.1, 0.15) is 25.7 Å².